The van der Waals surface area contributed by atoms with Crippen molar-refractivity contribution in [3.8, 4) is 0 Å². The van der Waals surface area contributed by atoms with Crippen LogP contribution in [-0.2, 0) is 17.9 Å². The lowest BCUT2D eigenvalue weighted by molar-refractivity contribution is -0.140. The zero-order valence-corrected chi connectivity index (χ0v) is 12.8. The summed E-state index contributed by atoms with van der Waals surface area (Å²) in [5.41, 5.74) is 2.15. The SMILES string of the molecule is CCn1cc(CNC(=O)c2cnn(C(C)C(=O)O)c2)c(C)n1. The normalized spacial score (nSPS) is 12.1. The lowest BCUT2D eigenvalue weighted by Gasteiger charge is -2.05. The van der Waals surface area contributed by atoms with E-state index in [0.29, 0.717) is 12.1 Å². The minimum Gasteiger partial charge on any atom is -0.480 e. The molecule has 0 fully saturated rings. The predicted octanol–water partition coefficient (Wildman–Crippen LogP) is 0.984. The monoisotopic (exact) mass is 305 g/mol. The molecule has 118 valence electrons. The van der Waals surface area contributed by atoms with E-state index < -0.39 is 12.0 Å². The quantitative estimate of drug-likeness (QED) is 0.828. The van der Waals surface area contributed by atoms with Crippen LogP contribution in [0.5, 0.6) is 0 Å². The molecule has 1 unspecified atom stereocenters. The van der Waals surface area contributed by atoms with E-state index in [0.717, 1.165) is 17.8 Å². The number of rotatable bonds is 6. The number of carbonyl (C=O) groups excluding carboxylic acids is 1. The van der Waals surface area contributed by atoms with Gasteiger partial charge in [0, 0.05) is 31.0 Å². The second-order valence-corrected chi connectivity index (χ2v) is 5.00. The lowest BCUT2D eigenvalue weighted by Crippen LogP contribution is -2.22. The molecule has 8 heteroatoms. The van der Waals surface area contributed by atoms with Crippen LogP contribution in [-0.4, -0.2) is 36.5 Å². The molecule has 1 amide bonds. The van der Waals surface area contributed by atoms with Gasteiger partial charge in [0.05, 0.1) is 17.5 Å². The number of amides is 1. The maximum absolute atomic E-state index is 12.1. The van der Waals surface area contributed by atoms with Gasteiger partial charge in [0.2, 0.25) is 0 Å². The average molecular weight is 305 g/mol. The van der Waals surface area contributed by atoms with Gasteiger partial charge in [-0.2, -0.15) is 10.2 Å². The van der Waals surface area contributed by atoms with Crippen LogP contribution in [0.15, 0.2) is 18.6 Å². The van der Waals surface area contributed by atoms with Gasteiger partial charge in [0.15, 0.2) is 0 Å². The van der Waals surface area contributed by atoms with E-state index in [2.05, 4.69) is 15.5 Å². The van der Waals surface area contributed by atoms with Crippen molar-refractivity contribution in [2.75, 3.05) is 0 Å². The minimum absolute atomic E-state index is 0.299. The number of carboxylic acids is 1. The van der Waals surface area contributed by atoms with Crippen LogP contribution in [0.2, 0.25) is 0 Å². The lowest BCUT2D eigenvalue weighted by atomic mass is 10.2. The van der Waals surface area contributed by atoms with Gasteiger partial charge in [-0.15, -0.1) is 0 Å². The van der Waals surface area contributed by atoms with E-state index in [4.69, 9.17) is 5.11 Å². The third kappa shape index (κ3) is 3.33. The molecule has 0 bridgehead atoms. The van der Waals surface area contributed by atoms with Gasteiger partial charge < -0.3 is 10.4 Å². The van der Waals surface area contributed by atoms with Crippen LogP contribution in [0.3, 0.4) is 0 Å². The summed E-state index contributed by atoms with van der Waals surface area (Å²) in [5, 5.41) is 19.9. The van der Waals surface area contributed by atoms with Gasteiger partial charge in [0.1, 0.15) is 6.04 Å². The molecule has 0 saturated heterocycles. The molecule has 2 aromatic rings. The summed E-state index contributed by atoms with van der Waals surface area (Å²) in [6, 6.07) is -0.813. The molecule has 0 radical (unpaired) electrons. The number of nitrogens with zero attached hydrogens (tertiary/aromatic N) is 4. The maximum Gasteiger partial charge on any atom is 0.328 e. The number of hydrogen-bond donors (Lipinski definition) is 2. The largest absolute Gasteiger partial charge is 0.480 e. The molecule has 0 aliphatic rings. The number of nitrogens with one attached hydrogen (secondary N) is 1. The number of aryl methyl sites for hydroxylation is 2. The standard InChI is InChI=1S/C14H19N5O3/c1-4-18-7-11(9(2)17-18)5-15-13(20)12-6-16-19(8-12)10(3)14(21)22/h6-8,10H,4-5H2,1-3H3,(H,15,20)(H,21,22). The van der Waals surface area contributed by atoms with Crippen molar-refractivity contribution in [3.05, 3.63) is 35.4 Å². The van der Waals surface area contributed by atoms with Gasteiger partial charge in [-0.25, -0.2) is 4.79 Å². The predicted molar refractivity (Wildman–Crippen MR) is 78.4 cm³/mol. The van der Waals surface area contributed by atoms with Crippen LogP contribution < -0.4 is 5.32 Å². The number of carboxylic acid groups (broad SMARTS) is 1. The van der Waals surface area contributed by atoms with Gasteiger partial charge in [0.25, 0.3) is 5.91 Å². The molecule has 2 heterocycles. The van der Waals surface area contributed by atoms with E-state index in [1.807, 2.05) is 24.7 Å². The molecule has 0 spiro atoms. The molecule has 0 aliphatic heterocycles. The number of aromatic nitrogens is 4. The molecular weight excluding hydrogens is 286 g/mol. The van der Waals surface area contributed by atoms with Crippen molar-refractivity contribution in [1.82, 2.24) is 24.9 Å². The van der Waals surface area contributed by atoms with Crippen LogP contribution in [0, 0.1) is 6.92 Å². The fourth-order valence-electron chi connectivity index (χ4n) is 1.95. The van der Waals surface area contributed by atoms with Crippen molar-refractivity contribution in [3.63, 3.8) is 0 Å². The first kappa shape index (κ1) is 15.7. The summed E-state index contributed by atoms with van der Waals surface area (Å²) in [5.74, 6) is -1.30. The summed E-state index contributed by atoms with van der Waals surface area (Å²) in [6.45, 7) is 6.52. The van der Waals surface area contributed by atoms with E-state index in [1.54, 1.807) is 0 Å². The third-order valence-corrected chi connectivity index (χ3v) is 3.43. The fraction of sp³-hybridized carbons (Fsp3) is 0.429. The van der Waals surface area contributed by atoms with Gasteiger partial charge >= 0.3 is 5.97 Å². The van der Waals surface area contributed by atoms with Crippen molar-refractivity contribution in [2.24, 2.45) is 0 Å². The Morgan fingerprint density at radius 3 is 2.73 bits per heavy atom. The summed E-state index contributed by atoms with van der Waals surface area (Å²) in [6.07, 6.45) is 4.68. The number of aliphatic carboxylic acids is 1. The van der Waals surface area contributed by atoms with Crippen LogP contribution in [0.4, 0.5) is 0 Å². The molecule has 2 N–H and O–H groups in total. The van der Waals surface area contributed by atoms with E-state index in [1.165, 1.54) is 24.0 Å². The highest BCUT2D eigenvalue weighted by molar-refractivity contribution is 5.93. The van der Waals surface area contributed by atoms with Crippen molar-refractivity contribution in [1.29, 1.82) is 0 Å². The summed E-state index contributed by atoms with van der Waals surface area (Å²) >= 11 is 0. The Labute approximate surface area is 127 Å². The Hall–Kier alpha value is -2.64. The zero-order chi connectivity index (χ0) is 16.3. The number of hydrogen-bond acceptors (Lipinski definition) is 4. The summed E-state index contributed by atoms with van der Waals surface area (Å²) in [7, 11) is 0. The highest BCUT2D eigenvalue weighted by Crippen LogP contribution is 2.08. The van der Waals surface area contributed by atoms with Gasteiger partial charge in [-0.3, -0.25) is 14.2 Å². The highest BCUT2D eigenvalue weighted by Gasteiger charge is 2.16. The Kier molecular flexibility index (Phi) is 4.59. The maximum atomic E-state index is 12.1. The van der Waals surface area contributed by atoms with Gasteiger partial charge in [-0.1, -0.05) is 0 Å². The van der Waals surface area contributed by atoms with Crippen molar-refractivity contribution >= 4 is 11.9 Å². The zero-order valence-electron chi connectivity index (χ0n) is 12.8. The third-order valence-electron chi connectivity index (χ3n) is 3.43. The Bertz CT molecular complexity index is 688. The van der Waals surface area contributed by atoms with Crippen molar-refractivity contribution < 1.29 is 14.7 Å². The second-order valence-electron chi connectivity index (χ2n) is 5.00. The first-order valence-corrected chi connectivity index (χ1v) is 7.00. The Balaban J connectivity index is 2.00. The first-order valence-electron chi connectivity index (χ1n) is 7.00. The second kappa shape index (κ2) is 6.42. The first-order chi connectivity index (χ1) is 10.4. The molecule has 0 saturated carbocycles. The fourth-order valence-corrected chi connectivity index (χ4v) is 1.95. The smallest absolute Gasteiger partial charge is 0.328 e. The molecular formula is C14H19N5O3. The molecule has 8 nitrogen and oxygen atoms in total. The Morgan fingerprint density at radius 2 is 2.14 bits per heavy atom. The van der Waals surface area contributed by atoms with E-state index >= 15 is 0 Å². The molecule has 1 atom stereocenters. The van der Waals surface area contributed by atoms with E-state index in [9.17, 15) is 9.59 Å². The molecule has 22 heavy (non-hydrogen) atoms. The van der Waals surface area contributed by atoms with Crippen LogP contribution in [0.25, 0.3) is 0 Å². The molecule has 2 aromatic heterocycles. The highest BCUT2D eigenvalue weighted by atomic mass is 16.4. The van der Waals surface area contributed by atoms with Crippen molar-refractivity contribution in [2.45, 2.75) is 39.9 Å². The van der Waals surface area contributed by atoms with Gasteiger partial charge in [-0.05, 0) is 20.8 Å². The van der Waals surface area contributed by atoms with E-state index in [-0.39, 0.29) is 5.91 Å². The topological polar surface area (TPSA) is 102 Å². The summed E-state index contributed by atoms with van der Waals surface area (Å²) in [4.78, 5) is 23.0. The molecule has 0 aliphatic carbocycles. The minimum atomic E-state index is -1.00. The molecule has 0 aromatic carbocycles. The number of carbonyl (C=O) groups is 2. The summed E-state index contributed by atoms with van der Waals surface area (Å²) < 4.78 is 3.06. The Morgan fingerprint density at radius 1 is 1.41 bits per heavy atom. The van der Waals surface area contributed by atoms with Crippen LogP contribution in [0.1, 0.15) is 41.5 Å². The molecule has 2 rings (SSSR count). The average Bonchev–Trinajstić information content (AvgIpc) is 3.10. The van der Waals surface area contributed by atoms with Crippen LogP contribution >= 0.6 is 0 Å².